The second-order valence-electron chi connectivity index (χ2n) is 6.83. The highest BCUT2D eigenvalue weighted by atomic mass is 35.5. The van der Waals surface area contributed by atoms with Gasteiger partial charge >= 0.3 is 5.97 Å². The molecule has 1 saturated carbocycles. The minimum atomic E-state index is -0.423. The first-order valence-electron chi connectivity index (χ1n) is 8.93. The highest BCUT2D eigenvalue weighted by Gasteiger charge is 2.30. The average molecular weight is 387 g/mol. The van der Waals surface area contributed by atoms with Crippen molar-refractivity contribution in [2.24, 2.45) is 0 Å². The first-order valence-corrected chi connectivity index (χ1v) is 9.31. The van der Waals surface area contributed by atoms with Crippen molar-refractivity contribution in [3.05, 3.63) is 64.2 Å². The summed E-state index contributed by atoms with van der Waals surface area (Å²) in [5.74, 6) is -0.520. The molecule has 6 heteroatoms. The number of carbonyl (C=O) groups excluding carboxylic acids is 2. The normalized spacial score (nSPS) is 13.5. The number of benzene rings is 2. The smallest absolute Gasteiger partial charge is 0.337 e. The van der Waals surface area contributed by atoms with Crippen molar-refractivity contribution in [1.29, 1.82) is 0 Å². The van der Waals surface area contributed by atoms with Gasteiger partial charge in [0.05, 0.1) is 19.2 Å². The molecule has 27 heavy (non-hydrogen) atoms. The molecule has 0 aromatic heterocycles. The van der Waals surface area contributed by atoms with Crippen molar-refractivity contribution in [2.45, 2.75) is 32.4 Å². The Labute approximate surface area is 164 Å². The number of nitrogens with zero attached hydrogens (tertiary/aromatic N) is 1. The number of carbonyl (C=O) groups is 2. The van der Waals surface area contributed by atoms with Gasteiger partial charge in [0.1, 0.15) is 0 Å². The van der Waals surface area contributed by atoms with Crippen LogP contribution in [0.4, 0.5) is 5.69 Å². The second kappa shape index (κ2) is 8.55. The second-order valence-corrected chi connectivity index (χ2v) is 7.27. The van der Waals surface area contributed by atoms with Crippen LogP contribution in [0.5, 0.6) is 0 Å². The molecule has 142 valence electrons. The van der Waals surface area contributed by atoms with Gasteiger partial charge in [-0.3, -0.25) is 9.69 Å². The molecular weight excluding hydrogens is 364 g/mol. The topological polar surface area (TPSA) is 58.6 Å². The standard InChI is InChI=1S/C21H23ClN2O3/c1-14-3-6-16(21(26)27-2)11-19(14)23-20(25)13-24(18-9-10-18)12-15-4-7-17(22)8-5-15/h3-8,11,18H,9-10,12-13H2,1-2H3,(H,23,25). The van der Waals surface area contributed by atoms with Gasteiger partial charge in [-0.25, -0.2) is 4.79 Å². The third kappa shape index (κ3) is 5.31. The van der Waals surface area contributed by atoms with E-state index in [0.29, 0.717) is 35.4 Å². The third-order valence-corrected chi connectivity index (χ3v) is 4.89. The average Bonchev–Trinajstić information content (AvgIpc) is 3.49. The van der Waals surface area contributed by atoms with Gasteiger partial charge in [-0.15, -0.1) is 0 Å². The van der Waals surface area contributed by atoms with Gasteiger partial charge in [0.15, 0.2) is 0 Å². The Morgan fingerprint density at radius 1 is 1.19 bits per heavy atom. The summed E-state index contributed by atoms with van der Waals surface area (Å²) in [6.45, 7) is 2.90. The summed E-state index contributed by atoms with van der Waals surface area (Å²) in [5, 5.41) is 3.63. The summed E-state index contributed by atoms with van der Waals surface area (Å²) in [5.41, 5.74) is 3.07. The predicted molar refractivity (Wildman–Crippen MR) is 106 cm³/mol. The Morgan fingerprint density at radius 3 is 2.52 bits per heavy atom. The number of halogens is 1. The van der Waals surface area contributed by atoms with Crippen LogP contribution in [0.15, 0.2) is 42.5 Å². The number of anilines is 1. The van der Waals surface area contributed by atoms with Crippen molar-refractivity contribution in [3.63, 3.8) is 0 Å². The van der Waals surface area contributed by atoms with Crippen LogP contribution >= 0.6 is 11.6 Å². The Morgan fingerprint density at radius 2 is 1.89 bits per heavy atom. The number of ether oxygens (including phenoxy) is 1. The fourth-order valence-electron chi connectivity index (χ4n) is 2.95. The van der Waals surface area contributed by atoms with Gasteiger partial charge in [0, 0.05) is 23.3 Å². The molecule has 1 aliphatic carbocycles. The molecule has 1 aliphatic rings. The lowest BCUT2D eigenvalue weighted by atomic mass is 10.1. The number of hydrogen-bond acceptors (Lipinski definition) is 4. The lowest BCUT2D eigenvalue weighted by molar-refractivity contribution is -0.117. The van der Waals surface area contributed by atoms with Crippen LogP contribution in [-0.4, -0.2) is 36.5 Å². The summed E-state index contributed by atoms with van der Waals surface area (Å²) in [6, 6.07) is 13.3. The predicted octanol–water partition coefficient (Wildman–Crippen LogP) is 4.04. The molecule has 0 aliphatic heterocycles. The molecule has 0 bridgehead atoms. The molecule has 0 atom stereocenters. The van der Waals surface area contributed by atoms with Gasteiger partial charge in [-0.1, -0.05) is 29.8 Å². The van der Waals surface area contributed by atoms with E-state index < -0.39 is 5.97 Å². The van der Waals surface area contributed by atoms with Gasteiger partial charge < -0.3 is 10.1 Å². The number of amides is 1. The zero-order chi connectivity index (χ0) is 19.4. The van der Waals surface area contributed by atoms with E-state index in [4.69, 9.17) is 16.3 Å². The molecule has 2 aromatic rings. The van der Waals surface area contributed by atoms with E-state index >= 15 is 0 Å². The van der Waals surface area contributed by atoms with Crippen molar-refractivity contribution < 1.29 is 14.3 Å². The molecule has 3 rings (SSSR count). The lowest BCUT2D eigenvalue weighted by Crippen LogP contribution is -2.34. The fraction of sp³-hybridized carbons (Fsp3) is 0.333. The largest absolute Gasteiger partial charge is 0.465 e. The van der Waals surface area contributed by atoms with Gasteiger partial charge in [-0.05, 0) is 55.2 Å². The minimum Gasteiger partial charge on any atom is -0.465 e. The van der Waals surface area contributed by atoms with Crippen molar-refractivity contribution in [1.82, 2.24) is 4.90 Å². The van der Waals surface area contributed by atoms with Crippen LogP contribution in [0.1, 0.15) is 34.3 Å². The molecule has 1 N–H and O–H groups in total. The fourth-order valence-corrected chi connectivity index (χ4v) is 3.08. The number of methoxy groups -OCH3 is 1. The maximum atomic E-state index is 12.6. The van der Waals surface area contributed by atoms with E-state index in [1.54, 1.807) is 18.2 Å². The molecule has 0 radical (unpaired) electrons. The third-order valence-electron chi connectivity index (χ3n) is 4.64. The van der Waals surface area contributed by atoms with Crippen LogP contribution in [0.2, 0.25) is 5.02 Å². The minimum absolute atomic E-state index is 0.0963. The monoisotopic (exact) mass is 386 g/mol. The number of aryl methyl sites for hydroxylation is 1. The molecule has 0 unspecified atom stereocenters. The molecular formula is C21H23ClN2O3. The van der Waals surface area contributed by atoms with E-state index in [1.165, 1.54) is 7.11 Å². The maximum absolute atomic E-state index is 12.6. The molecule has 0 heterocycles. The molecule has 1 amide bonds. The van der Waals surface area contributed by atoms with Crippen LogP contribution in [0, 0.1) is 6.92 Å². The van der Waals surface area contributed by atoms with Gasteiger partial charge in [0.25, 0.3) is 0 Å². The zero-order valence-electron chi connectivity index (χ0n) is 15.5. The summed E-state index contributed by atoms with van der Waals surface area (Å²) < 4.78 is 4.75. The molecule has 2 aromatic carbocycles. The highest BCUT2D eigenvalue weighted by molar-refractivity contribution is 6.30. The van der Waals surface area contributed by atoms with E-state index in [1.807, 2.05) is 31.2 Å². The Bertz CT molecular complexity index is 832. The Hall–Kier alpha value is -2.37. The summed E-state index contributed by atoms with van der Waals surface area (Å²) in [6.07, 6.45) is 2.22. The Kier molecular flexibility index (Phi) is 6.14. The van der Waals surface area contributed by atoms with E-state index in [9.17, 15) is 9.59 Å². The summed E-state index contributed by atoms with van der Waals surface area (Å²) >= 11 is 5.95. The van der Waals surface area contributed by atoms with Crippen LogP contribution < -0.4 is 5.32 Å². The van der Waals surface area contributed by atoms with E-state index in [2.05, 4.69) is 10.2 Å². The molecule has 0 saturated heterocycles. The molecule has 0 spiro atoms. The van der Waals surface area contributed by atoms with Crippen molar-refractivity contribution in [3.8, 4) is 0 Å². The number of nitrogens with one attached hydrogen (secondary N) is 1. The first-order chi connectivity index (χ1) is 13.0. The SMILES string of the molecule is COC(=O)c1ccc(C)c(NC(=O)CN(Cc2ccc(Cl)cc2)C2CC2)c1. The van der Waals surface area contributed by atoms with Gasteiger partial charge in [0.2, 0.25) is 5.91 Å². The molecule has 1 fully saturated rings. The molecule has 5 nitrogen and oxygen atoms in total. The first kappa shape index (κ1) is 19.4. The summed E-state index contributed by atoms with van der Waals surface area (Å²) in [7, 11) is 1.34. The number of hydrogen-bond donors (Lipinski definition) is 1. The van der Waals surface area contributed by atoms with Crippen LogP contribution in [-0.2, 0) is 16.1 Å². The van der Waals surface area contributed by atoms with Crippen LogP contribution in [0.25, 0.3) is 0 Å². The van der Waals surface area contributed by atoms with Crippen molar-refractivity contribution in [2.75, 3.05) is 19.0 Å². The highest BCUT2D eigenvalue weighted by Crippen LogP contribution is 2.28. The van der Waals surface area contributed by atoms with E-state index in [0.717, 1.165) is 24.0 Å². The summed E-state index contributed by atoms with van der Waals surface area (Å²) in [4.78, 5) is 26.5. The maximum Gasteiger partial charge on any atom is 0.337 e. The van der Waals surface area contributed by atoms with Crippen molar-refractivity contribution >= 4 is 29.2 Å². The van der Waals surface area contributed by atoms with Crippen LogP contribution in [0.3, 0.4) is 0 Å². The quantitative estimate of drug-likeness (QED) is 0.729. The Balaban J connectivity index is 1.66. The van der Waals surface area contributed by atoms with Gasteiger partial charge in [-0.2, -0.15) is 0 Å². The lowest BCUT2D eigenvalue weighted by Gasteiger charge is -2.22. The number of esters is 1. The van der Waals surface area contributed by atoms with E-state index in [-0.39, 0.29) is 5.91 Å². The number of rotatable bonds is 7. The zero-order valence-corrected chi connectivity index (χ0v) is 16.3.